The highest BCUT2D eigenvalue weighted by molar-refractivity contribution is 4.76. The average Bonchev–Trinajstić information content (AvgIpc) is 2.04. The normalized spacial score (nSPS) is 30.8. The van der Waals surface area contributed by atoms with Crippen molar-refractivity contribution in [3.05, 3.63) is 10.1 Å². The van der Waals surface area contributed by atoms with E-state index in [0.29, 0.717) is 13.0 Å². The maximum Gasteiger partial charge on any atom is 0.344 e. The van der Waals surface area contributed by atoms with Crippen LogP contribution in [0.25, 0.3) is 0 Å². The van der Waals surface area contributed by atoms with Gasteiger partial charge in [-0.1, -0.05) is 0 Å². The van der Waals surface area contributed by atoms with Gasteiger partial charge in [-0.2, -0.15) is 5.01 Å². The van der Waals surface area contributed by atoms with Gasteiger partial charge in [0.25, 0.3) is 0 Å². The van der Waals surface area contributed by atoms with Gasteiger partial charge in [-0.15, -0.1) is 0 Å². The second-order valence-electron chi connectivity index (χ2n) is 3.56. The van der Waals surface area contributed by atoms with Gasteiger partial charge in [0.05, 0.1) is 11.3 Å². The van der Waals surface area contributed by atoms with Crippen LogP contribution >= 0.6 is 0 Å². The fourth-order valence-corrected chi connectivity index (χ4v) is 1.70. The van der Waals surface area contributed by atoms with Crippen molar-refractivity contribution >= 4 is 0 Å². The summed E-state index contributed by atoms with van der Waals surface area (Å²) in [6, 6.07) is 0. The Morgan fingerprint density at radius 2 is 2.15 bits per heavy atom. The molecular formula is C7H16N4O2. The number of nitro groups is 1. The van der Waals surface area contributed by atoms with Crippen LogP contribution in [-0.4, -0.2) is 41.4 Å². The van der Waals surface area contributed by atoms with Crippen molar-refractivity contribution in [1.82, 2.24) is 10.0 Å². The van der Waals surface area contributed by atoms with Gasteiger partial charge < -0.3 is 0 Å². The summed E-state index contributed by atoms with van der Waals surface area (Å²) in [4.78, 5) is 10.4. The summed E-state index contributed by atoms with van der Waals surface area (Å²) >= 11 is 0. The zero-order valence-corrected chi connectivity index (χ0v) is 8.06. The second kappa shape index (κ2) is 3.57. The lowest BCUT2D eigenvalue weighted by molar-refractivity contribution is -0.617. The van der Waals surface area contributed by atoms with E-state index >= 15 is 0 Å². The number of hydrogen-bond donors (Lipinski definition) is 1. The van der Waals surface area contributed by atoms with Crippen LogP contribution in [-0.2, 0) is 0 Å². The Labute approximate surface area is 77.4 Å². The topological polar surface area (TPSA) is 75.6 Å². The molecule has 1 fully saturated rings. The first kappa shape index (κ1) is 10.4. The minimum absolute atomic E-state index is 0.397. The highest BCUT2D eigenvalue weighted by atomic mass is 16.6. The SMILES string of the molecule is CN(C)N1CCCCC1(N)[N+](=O)[O-]. The van der Waals surface area contributed by atoms with Crippen LogP contribution in [0.1, 0.15) is 19.3 Å². The molecule has 6 heteroatoms. The Bertz CT molecular complexity index is 209. The van der Waals surface area contributed by atoms with E-state index < -0.39 is 10.7 Å². The molecule has 2 N–H and O–H groups in total. The first-order valence-corrected chi connectivity index (χ1v) is 4.37. The Hall–Kier alpha value is -0.720. The van der Waals surface area contributed by atoms with Gasteiger partial charge in [0.15, 0.2) is 0 Å². The van der Waals surface area contributed by atoms with Crippen molar-refractivity contribution in [1.29, 1.82) is 0 Å². The number of nitrogens with two attached hydrogens (primary N) is 1. The molecule has 76 valence electrons. The van der Waals surface area contributed by atoms with Gasteiger partial charge in [0.1, 0.15) is 0 Å². The van der Waals surface area contributed by atoms with E-state index in [9.17, 15) is 10.1 Å². The van der Waals surface area contributed by atoms with E-state index in [1.807, 2.05) is 0 Å². The average molecular weight is 188 g/mol. The highest BCUT2D eigenvalue weighted by Crippen LogP contribution is 2.24. The lowest BCUT2D eigenvalue weighted by Gasteiger charge is -2.40. The standard InChI is InChI=1S/C7H16N4O2/c1-9(2)10-6-4-3-5-7(10,8)11(12)13/h3-6,8H2,1-2H3. The van der Waals surface area contributed by atoms with E-state index in [-0.39, 0.29) is 0 Å². The summed E-state index contributed by atoms with van der Waals surface area (Å²) in [7, 11) is 3.55. The fourth-order valence-electron chi connectivity index (χ4n) is 1.70. The maximum atomic E-state index is 10.8. The molecule has 1 atom stereocenters. The molecule has 1 rings (SSSR count). The van der Waals surface area contributed by atoms with Crippen molar-refractivity contribution in [3.8, 4) is 0 Å². The molecule has 0 aromatic rings. The van der Waals surface area contributed by atoms with Crippen LogP contribution in [0.5, 0.6) is 0 Å². The monoisotopic (exact) mass is 188 g/mol. The first-order valence-electron chi connectivity index (χ1n) is 4.37. The predicted molar refractivity (Wildman–Crippen MR) is 48.2 cm³/mol. The Kier molecular flexibility index (Phi) is 2.84. The van der Waals surface area contributed by atoms with Gasteiger partial charge in [0.2, 0.25) is 0 Å². The van der Waals surface area contributed by atoms with Gasteiger partial charge in [-0.25, -0.2) is 5.01 Å². The third kappa shape index (κ3) is 1.79. The molecule has 0 aromatic carbocycles. The summed E-state index contributed by atoms with van der Waals surface area (Å²) in [6.07, 6.45) is 2.20. The molecule has 0 saturated carbocycles. The molecule has 0 spiro atoms. The van der Waals surface area contributed by atoms with Gasteiger partial charge in [0, 0.05) is 20.6 Å². The highest BCUT2D eigenvalue weighted by Gasteiger charge is 2.47. The van der Waals surface area contributed by atoms with Crippen molar-refractivity contribution in [2.45, 2.75) is 25.0 Å². The van der Waals surface area contributed by atoms with E-state index in [1.165, 1.54) is 0 Å². The summed E-state index contributed by atoms with van der Waals surface area (Å²) < 4.78 is 0. The summed E-state index contributed by atoms with van der Waals surface area (Å²) in [5.74, 6) is -1.40. The molecule has 0 amide bonds. The fraction of sp³-hybridized carbons (Fsp3) is 1.00. The van der Waals surface area contributed by atoms with Crippen LogP contribution in [0.3, 0.4) is 0 Å². The molecule has 0 radical (unpaired) electrons. The van der Waals surface area contributed by atoms with E-state index in [2.05, 4.69) is 0 Å². The zero-order chi connectivity index (χ0) is 10.1. The van der Waals surface area contributed by atoms with Crippen LogP contribution in [0, 0.1) is 10.1 Å². The number of rotatable bonds is 2. The summed E-state index contributed by atoms with van der Waals surface area (Å²) in [5.41, 5.74) is 5.73. The number of hydrazine groups is 1. The quantitative estimate of drug-likeness (QED) is 0.370. The maximum absolute atomic E-state index is 10.8. The smallest absolute Gasteiger partial charge is 0.261 e. The Morgan fingerprint density at radius 3 is 2.54 bits per heavy atom. The summed E-state index contributed by atoms with van der Waals surface area (Å²) in [5, 5.41) is 14.1. The molecule has 13 heavy (non-hydrogen) atoms. The van der Waals surface area contributed by atoms with E-state index in [0.717, 1.165) is 12.8 Å². The van der Waals surface area contributed by atoms with Crippen molar-refractivity contribution in [2.75, 3.05) is 20.6 Å². The number of nitrogens with zero attached hydrogens (tertiary/aromatic N) is 3. The molecule has 0 aliphatic carbocycles. The zero-order valence-electron chi connectivity index (χ0n) is 8.06. The van der Waals surface area contributed by atoms with E-state index in [1.54, 1.807) is 24.1 Å². The van der Waals surface area contributed by atoms with Crippen LogP contribution in [0.4, 0.5) is 0 Å². The van der Waals surface area contributed by atoms with Crippen LogP contribution < -0.4 is 5.73 Å². The number of hydrogen-bond acceptors (Lipinski definition) is 5. The molecule has 1 saturated heterocycles. The third-order valence-electron chi connectivity index (χ3n) is 2.41. The molecule has 1 heterocycles. The van der Waals surface area contributed by atoms with Gasteiger partial charge >= 0.3 is 5.79 Å². The third-order valence-corrected chi connectivity index (χ3v) is 2.41. The molecule has 1 aliphatic heterocycles. The van der Waals surface area contributed by atoms with Gasteiger partial charge in [-0.05, 0) is 12.8 Å². The summed E-state index contributed by atoms with van der Waals surface area (Å²) in [6.45, 7) is 0.657. The van der Waals surface area contributed by atoms with Crippen LogP contribution in [0.15, 0.2) is 0 Å². The molecule has 1 aliphatic rings. The van der Waals surface area contributed by atoms with Gasteiger partial charge in [-0.3, -0.25) is 15.8 Å². The van der Waals surface area contributed by atoms with Crippen molar-refractivity contribution < 1.29 is 4.92 Å². The molecule has 1 unspecified atom stereocenters. The molecule has 0 aromatic heterocycles. The Balaban J connectivity index is 2.83. The molecular weight excluding hydrogens is 172 g/mol. The minimum atomic E-state index is -1.40. The molecule has 6 nitrogen and oxygen atoms in total. The number of piperidine rings is 1. The predicted octanol–water partition coefficient (Wildman–Crippen LogP) is -0.162. The second-order valence-corrected chi connectivity index (χ2v) is 3.56. The minimum Gasteiger partial charge on any atom is -0.261 e. The largest absolute Gasteiger partial charge is 0.344 e. The van der Waals surface area contributed by atoms with Crippen LogP contribution in [0.2, 0.25) is 0 Å². The lowest BCUT2D eigenvalue weighted by Crippen LogP contribution is -2.67. The van der Waals surface area contributed by atoms with Crippen molar-refractivity contribution in [2.24, 2.45) is 5.73 Å². The lowest BCUT2D eigenvalue weighted by atomic mass is 10.1. The first-order chi connectivity index (χ1) is 5.98. The Morgan fingerprint density at radius 1 is 1.54 bits per heavy atom. The van der Waals surface area contributed by atoms with Crippen molar-refractivity contribution in [3.63, 3.8) is 0 Å². The molecule has 0 bridgehead atoms. The van der Waals surface area contributed by atoms with E-state index in [4.69, 9.17) is 5.73 Å².